The highest BCUT2D eigenvalue weighted by atomic mass is 35.5. The molecule has 150 valence electrons. The number of alkyl halides is 2. The van der Waals surface area contributed by atoms with Crippen LogP contribution in [-0.2, 0) is 6.42 Å². The molecule has 1 aromatic carbocycles. The summed E-state index contributed by atoms with van der Waals surface area (Å²) in [6, 6.07) is 12.3. The number of piperazine rings is 1. The number of rotatable bonds is 5. The smallest absolute Gasteiger partial charge is 0.263 e. The van der Waals surface area contributed by atoms with E-state index in [-0.39, 0.29) is 0 Å². The third-order valence-electron chi connectivity index (χ3n) is 4.27. The molecule has 0 unspecified atom stereocenters. The second-order valence-electron chi connectivity index (χ2n) is 6.69. The molecular formula is C22H26ClF2N3. The molecule has 28 heavy (non-hydrogen) atoms. The minimum absolute atomic E-state index is 0.604. The number of hydrogen-bond acceptors (Lipinski definition) is 3. The molecule has 6 heteroatoms. The van der Waals surface area contributed by atoms with Crippen LogP contribution in [-0.4, -0.2) is 37.1 Å². The molecule has 1 aliphatic rings. The van der Waals surface area contributed by atoms with Crippen LogP contribution in [0.15, 0.2) is 61.8 Å². The quantitative estimate of drug-likeness (QED) is 0.690. The molecule has 0 atom stereocenters. The summed E-state index contributed by atoms with van der Waals surface area (Å²) in [6.07, 6.45) is 3.30. The largest absolute Gasteiger partial charge is 0.353 e. The van der Waals surface area contributed by atoms with Gasteiger partial charge in [0, 0.05) is 39.3 Å². The molecular weight excluding hydrogens is 380 g/mol. The summed E-state index contributed by atoms with van der Waals surface area (Å²) < 4.78 is 22.7. The molecule has 1 saturated heterocycles. The second-order valence-corrected chi connectivity index (χ2v) is 7.10. The van der Waals surface area contributed by atoms with Gasteiger partial charge in [-0.15, -0.1) is 0 Å². The molecule has 2 aromatic rings. The van der Waals surface area contributed by atoms with Crippen molar-refractivity contribution in [2.24, 2.45) is 0 Å². The number of allylic oxidation sites excluding steroid dienone is 2. The van der Waals surface area contributed by atoms with Gasteiger partial charge < -0.3 is 10.2 Å². The van der Waals surface area contributed by atoms with E-state index in [1.807, 2.05) is 30.5 Å². The van der Waals surface area contributed by atoms with Crippen LogP contribution in [0.4, 0.5) is 14.6 Å². The Kier molecular flexibility index (Phi) is 8.15. The van der Waals surface area contributed by atoms with Crippen molar-refractivity contribution in [2.75, 3.05) is 31.1 Å². The van der Waals surface area contributed by atoms with Crippen molar-refractivity contribution in [2.45, 2.75) is 19.3 Å². The van der Waals surface area contributed by atoms with Gasteiger partial charge >= 0.3 is 0 Å². The molecule has 1 aromatic heterocycles. The van der Waals surface area contributed by atoms with Crippen LogP contribution < -0.4 is 10.2 Å². The minimum Gasteiger partial charge on any atom is -0.353 e. The number of hydrogen-bond donors (Lipinski definition) is 1. The van der Waals surface area contributed by atoms with Crippen molar-refractivity contribution in [3.8, 4) is 0 Å². The summed E-state index contributed by atoms with van der Waals surface area (Å²) in [5.41, 5.74) is 3.29. The summed E-state index contributed by atoms with van der Waals surface area (Å²) in [6.45, 7) is 11.7. The fourth-order valence-electron chi connectivity index (χ4n) is 2.68. The number of anilines is 1. The Balaban J connectivity index is 0.000000409. The molecule has 3 rings (SSSR count). The summed E-state index contributed by atoms with van der Waals surface area (Å²) in [7, 11) is 0. The molecule has 0 saturated carbocycles. The Morgan fingerprint density at radius 2 is 1.89 bits per heavy atom. The van der Waals surface area contributed by atoms with Crippen LogP contribution in [0, 0.1) is 0 Å². The average Bonchev–Trinajstić information content (AvgIpc) is 2.69. The SMILES string of the molecule is C=C(Cc1ccccc1)c1cnc(N2CCNCC2)c(Cl)c1.C=CC(C)(F)F. The van der Waals surface area contributed by atoms with E-state index in [9.17, 15) is 8.78 Å². The number of pyridine rings is 1. The number of aromatic nitrogens is 1. The van der Waals surface area contributed by atoms with Crippen LogP contribution in [0.5, 0.6) is 0 Å². The minimum atomic E-state index is -2.69. The van der Waals surface area contributed by atoms with Gasteiger partial charge in [0.1, 0.15) is 5.82 Å². The van der Waals surface area contributed by atoms with Crippen molar-refractivity contribution in [3.63, 3.8) is 0 Å². The van der Waals surface area contributed by atoms with E-state index in [4.69, 9.17) is 11.6 Å². The van der Waals surface area contributed by atoms with E-state index in [0.717, 1.165) is 56.5 Å². The first-order valence-corrected chi connectivity index (χ1v) is 9.52. The predicted molar refractivity (Wildman–Crippen MR) is 114 cm³/mol. The lowest BCUT2D eigenvalue weighted by molar-refractivity contribution is 0.0779. The molecule has 1 N–H and O–H groups in total. The van der Waals surface area contributed by atoms with Gasteiger partial charge in [-0.05, 0) is 35.3 Å². The number of halogens is 3. The molecule has 2 heterocycles. The van der Waals surface area contributed by atoms with Crippen molar-refractivity contribution >= 4 is 23.0 Å². The van der Waals surface area contributed by atoms with E-state index in [0.29, 0.717) is 11.1 Å². The lowest BCUT2D eigenvalue weighted by Crippen LogP contribution is -2.44. The zero-order valence-electron chi connectivity index (χ0n) is 16.1. The van der Waals surface area contributed by atoms with E-state index in [1.165, 1.54) is 5.56 Å². The van der Waals surface area contributed by atoms with Gasteiger partial charge in [0.2, 0.25) is 0 Å². The number of nitrogens with one attached hydrogen (secondary N) is 1. The molecule has 0 amide bonds. The van der Waals surface area contributed by atoms with Crippen LogP contribution in [0.25, 0.3) is 5.57 Å². The summed E-state index contributed by atoms with van der Waals surface area (Å²) in [5.74, 6) is -1.82. The first-order valence-electron chi connectivity index (χ1n) is 9.15. The first-order chi connectivity index (χ1) is 13.3. The predicted octanol–water partition coefficient (Wildman–Crippen LogP) is 5.23. The van der Waals surface area contributed by atoms with Crippen LogP contribution in [0.3, 0.4) is 0 Å². The van der Waals surface area contributed by atoms with Crippen molar-refractivity contribution in [1.29, 1.82) is 0 Å². The second kappa shape index (κ2) is 10.3. The normalized spacial score (nSPS) is 14.1. The highest BCUT2D eigenvalue weighted by Gasteiger charge is 2.15. The Morgan fingerprint density at radius 3 is 2.43 bits per heavy atom. The molecule has 1 aliphatic heterocycles. The molecule has 3 nitrogen and oxygen atoms in total. The van der Waals surface area contributed by atoms with Crippen LogP contribution >= 0.6 is 11.6 Å². The molecule has 0 bridgehead atoms. The van der Waals surface area contributed by atoms with Gasteiger partial charge in [-0.1, -0.05) is 55.1 Å². The molecule has 1 fully saturated rings. The summed E-state index contributed by atoms with van der Waals surface area (Å²) in [5, 5.41) is 4.04. The van der Waals surface area contributed by atoms with E-state index in [1.54, 1.807) is 0 Å². The van der Waals surface area contributed by atoms with Crippen LogP contribution in [0.1, 0.15) is 18.1 Å². The van der Waals surface area contributed by atoms with Crippen molar-refractivity contribution in [3.05, 3.63) is 78.0 Å². The number of nitrogens with zero attached hydrogens (tertiary/aromatic N) is 2. The Hall–Kier alpha value is -2.24. The lowest BCUT2D eigenvalue weighted by atomic mass is 10.0. The maximum atomic E-state index is 11.3. The van der Waals surface area contributed by atoms with Crippen molar-refractivity contribution < 1.29 is 8.78 Å². The fraction of sp³-hybridized carbons (Fsp3) is 0.318. The van der Waals surface area contributed by atoms with Gasteiger partial charge in [0.15, 0.2) is 0 Å². The van der Waals surface area contributed by atoms with Gasteiger partial charge in [0.05, 0.1) is 5.02 Å². The lowest BCUT2D eigenvalue weighted by Gasteiger charge is -2.29. The molecule has 0 radical (unpaired) electrons. The van der Waals surface area contributed by atoms with E-state index >= 15 is 0 Å². The third-order valence-corrected chi connectivity index (χ3v) is 4.54. The maximum Gasteiger partial charge on any atom is 0.263 e. The highest BCUT2D eigenvalue weighted by molar-refractivity contribution is 6.33. The van der Waals surface area contributed by atoms with E-state index < -0.39 is 5.92 Å². The average molecular weight is 406 g/mol. The van der Waals surface area contributed by atoms with Gasteiger partial charge in [-0.25, -0.2) is 13.8 Å². The van der Waals surface area contributed by atoms with Crippen molar-refractivity contribution in [1.82, 2.24) is 10.3 Å². The van der Waals surface area contributed by atoms with E-state index in [2.05, 4.69) is 40.5 Å². The monoisotopic (exact) mass is 405 g/mol. The maximum absolute atomic E-state index is 11.3. The summed E-state index contributed by atoms with van der Waals surface area (Å²) in [4.78, 5) is 6.79. The van der Waals surface area contributed by atoms with Gasteiger partial charge in [0.25, 0.3) is 5.92 Å². The zero-order chi connectivity index (χ0) is 20.6. The molecule has 0 aliphatic carbocycles. The number of benzene rings is 1. The zero-order valence-corrected chi connectivity index (χ0v) is 16.9. The highest BCUT2D eigenvalue weighted by Crippen LogP contribution is 2.27. The summed E-state index contributed by atoms with van der Waals surface area (Å²) >= 11 is 6.44. The van der Waals surface area contributed by atoms with Gasteiger partial charge in [-0.2, -0.15) is 0 Å². The first kappa shape index (κ1) is 22.1. The Bertz CT molecular complexity index is 782. The topological polar surface area (TPSA) is 28.2 Å². The fourth-order valence-corrected chi connectivity index (χ4v) is 2.96. The Morgan fingerprint density at radius 1 is 1.29 bits per heavy atom. The third kappa shape index (κ3) is 7.06. The van der Waals surface area contributed by atoms with Gasteiger partial charge in [-0.3, -0.25) is 0 Å². The standard InChI is InChI=1S/C18H20ClN3.C4H6F2/c1-14(11-15-5-3-2-4-6-15)16-12-17(19)18(21-13-16)22-9-7-20-8-10-22;1-3-4(2,5)6/h2-6,12-13,20H,1,7-11H2;3H,1H2,2H3. The molecule has 0 spiro atoms. The van der Waals surface area contributed by atoms with Crippen LogP contribution in [0.2, 0.25) is 5.02 Å². The Labute approximate surface area is 170 Å².